The summed E-state index contributed by atoms with van der Waals surface area (Å²) in [6, 6.07) is 8.10. The Kier molecular flexibility index (Phi) is 26.4. The van der Waals surface area contributed by atoms with Crippen LogP contribution in [-0.2, 0) is 59.0 Å². The first-order valence-corrected chi connectivity index (χ1v) is 35.6. The number of piperidine rings is 5. The number of thioether (sulfide) groups is 2. The number of esters is 1. The number of aryl methyl sites for hydroxylation is 1. The molecule has 514 valence electrons. The molecule has 6 amide bonds. The third-order valence-electron chi connectivity index (χ3n) is 19.8. The number of cyclic esters (lactones) is 1. The minimum atomic E-state index is -1.42. The molecule has 27 heteroatoms. The third kappa shape index (κ3) is 18.2. The van der Waals surface area contributed by atoms with E-state index in [0.29, 0.717) is 54.8 Å². The second-order valence-corrected chi connectivity index (χ2v) is 29.1. The number of carboxylic acids is 1. The number of carboxylic acid groups (broad SMARTS) is 1. The molecule has 18 atom stereocenters. The predicted molar refractivity (Wildman–Crippen MR) is 351 cm³/mol. The number of alkyl halides is 1. The summed E-state index contributed by atoms with van der Waals surface area (Å²) < 4.78 is 11.6. The van der Waals surface area contributed by atoms with Crippen molar-refractivity contribution in [3.05, 3.63) is 71.3 Å². The number of aliphatic hydroxyl groups is 3. The molecule has 93 heavy (non-hydrogen) atoms. The third-order valence-corrected chi connectivity index (χ3v) is 22.5. The molecule has 8 fully saturated rings. The van der Waals surface area contributed by atoms with Gasteiger partial charge in [0, 0.05) is 76.1 Å². The van der Waals surface area contributed by atoms with Gasteiger partial charge < -0.3 is 76.1 Å². The number of halogens is 1. The lowest BCUT2D eigenvalue weighted by Gasteiger charge is -2.45. The summed E-state index contributed by atoms with van der Waals surface area (Å²) in [6.07, 6.45) is 0.153. The van der Waals surface area contributed by atoms with Crippen molar-refractivity contribution in [2.24, 2.45) is 29.4 Å². The van der Waals surface area contributed by atoms with Crippen LogP contribution in [0.2, 0.25) is 0 Å². The minimum absolute atomic E-state index is 0.0184. The fraction of sp³-hybridized carbons (Fsp3) is 0.682. The van der Waals surface area contributed by atoms with Crippen LogP contribution in [0.1, 0.15) is 108 Å². The first-order chi connectivity index (χ1) is 44.3. The highest BCUT2D eigenvalue weighted by Crippen LogP contribution is 2.38. The lowest BCUT2D eigenvalue weighted by atomic mass is 9.86. The fourth-order valence-electron chi connectivity index (χ4n) is 13.9. The molecule has 24 nitrogen and oxygen atoms in total. The van der Waals surface area contributed by atoms with Crippen LogP contribution in [0, 0.1) is 30.6 Å². The number of nitrogens with one attached hydrogen (secondary N) is 3. The van der Waals surface area contributed by atoms with Crippen LogP contribution in [0.25, 0.3) is 0 Å². The summed E-state index contributed by atoms with van der Waals surface area (Å²) in [5.74, 6) is -4.67. The summed E-state index contributed by atoms with van der Waals surface area (Å²) in [7, 11) is 1.55. The van der Waals surface area contributed by atoms with Crippen molar-refractivity contribution in [3.8, 4) is 0 Å². The molecule has 2 aromatic rings. The van der Waals surface area contributed by atoms with Crippen LogP contribution in [-0.4, -0.2) is 252 Å². The number of carbonyl (C=O) groups is 9. The number of carbonyl (C=O) groups excluding carboxylic acids is 8. The highest BCUT2D eigenvalue weighted by atomic mass is 35.5. The zero-order valence-electron chi connectivity index (χ0n) is 54.4. The number of ketones is 1. The van der Waals surface area contributed by atoms with E-state index in [2.05, 4.69) is 20.9 Å². The zero-order valence-corrected chi connectivity index (χ0v) is 56.8. The lowest BCUT2D eigenvalue weighted by molar-refractivity contribution is -0.205. The number of fused-ring (bicyclic) bond motifs is 5. The molecule has 9 N–H and O–H groups in total. The number of aliphatic hydroxyl groups excluding tert-OH is 3. The summed E-state index contributed by atoms with van der Waals surface area (Å²) in [4.78, 5) is 134. The first-order valence-electron chi connectivity index (χ1n) is 32.8. The Bertz CT molecular complexity index is 2930. The van der Waals surface area contributed by atoms with Gasteiger partial charge in [0.15, 0.2) is 6.04 Å². The van der Waals surface area contributed by atoms with Gasteiger partial charge in [-0.25, -0.2) is 4.79 Å². The van der Waals surface area contributed by atoms with E-state index in [0.717, 1.165) is 56.6 Å². The molecule has 2 aromatic carbocycles. The van der Waals surface area contributed by atoms with Gasteiger partial charge in [0.2, 0.25) is 35.4 Å². The van der Waals surface area contributed by atoms with Gasteiger partial charge in [-0.15, -0.1) is 23.4 Å². The molecule has 0 aromatic heterocycles. The standard InChI is InChI=1S/C46H61N7O8S.C20H35ClN2O7S/c1-5-33-43(57)52-19-9-12-34(52)44(58)50(4)36(22-29-15-13-27(2)14-16-29)45(59)53-24-32(26-62-38-25-51-20-17-30(38)18-21-51)37(54)23-35(53)41(55)49-40(31-10-7-6-8-11-31)46(60)61-28(3)39(47)42(56)48-33;1-4-11-7-12(9-23(8-11)6-5-13(24)25)19(29)22-14(10(2)21)18-16(27)15(26)17(28)20(30-18)31-3/h6-8,10-11,13-16,28,30,32-36,38-40H,5,9,12,17-26,47H2,1-4H3,(H,48,56)(H,49,55);10-12,14-18,20,26-28H,4-9H2,1-3H3,(H,22,29)(H,24,25)/t28-,32+,33?,34+,35+,36+,38?,39+,40+;10?,11?,12?,14?,15-,16-,17?,18?,20-/m11/s1. The number of rotatable bonds is 16. The normalized spacial score (nSPS) is 34.1. The molecule has 8 unspecified atom stereocenters. The van der Waals surface area contributed by atoms with Crippen molar-refractivity contribution in [2.75, 3.05) is 71.4 Å². The second kappa shape index (κ2) is 33.5. The molecular weight excluding hydrogens is 1260 g/mol. The van der Waals surface area contributed by atoms with Gasteiger partial charge in [0.05, 0.1) is 23.8 Å². The molecule has 0 radical (unpaired) electrons. The van der Waals surface area contributed by atoms with E-state index in [1.54, 1.807) is 69.2 Å². The van der Waals surface area contributed by atoms with Crippen LogP contribution < -0.4 is 21.7 Å². The quantitative estimate of drug-likeness (QED) is 0.0881. The maximum Gasteiger partial charge on any atom is 0.333 e. The minimum Gasteiger partial charge on any atom is -0.481 e. The maximum absolute atomic E-state index is 15.4. The van der Waals surface area contributed by atoms with E-state index in [-0.39, 0.29) is 62.3 Å². The summed E-state index contributed by atoms with van der Waals surface area (Å²) >= 11 is 9.30. The van der Waals surface area contributed by atoms with Gasteiger partial charge in [-0.1, -0.05) is 80.4 Å². The number of nitrogens with zero attached hydrogens (tertiary/aromatic N) is 5. The highest BCUT2D eigenvalue weighted by molar-refractivity contribution is 8.00. The van der Waals surface area contributed by atoms with E-state index in [4.69, 9.17) is 31.9 Å². The predicted octanol–water partition coefficient (Wildman–Crippen LogP) is 2.09. The van der Waals surface area contributed by atoms with Gasteiger partial charge in [0.1, 0.15) is 71.9 Å². The Morgan fingerprint density at radius 2 is 1.53 bits per heavy atom. The number of hydrogen-bond donors (Lipinski definition) is 8. The number of hydrogen-bond acceptors (Lipinski definition) is 19. The first kappa shape index (κ1) is 73.4. The fourth-order valence-corrected chi connectivity index (χ4v) is 16.5. The van der Waals surface area contributed by atoms with Gasteiger partial charge >= 0.3 is 11.9 Å². The molecule has 8 heterocycles. The van der Waals surface area contributed by atoms with Gasteiger partial charge in [-0.2, -0.15) is 11.8 Å². The van der Waals surface area contributed by atoms with Crippen LogP contribution >= 0.6 is 35.1 Å². The number of aliphatic carboxylic acids is 1. The van der Waals surface area contributed by atoms with E-state index in [1.807, 2.05) is 43.0 Å². The smallest absolute Gasteiger partial charge is 0.333 e. The average Bonchev–Trinajstić information content (AvgIpc) is 1.41. The molecule has 8 saturated heterocycles. The molecule has 0 saturated carbocycles. The van der Waals surface area contributed by atoms with E-state index < -0.39 is 131 Å². The SMILES string of the molecule is CCC1CC(C(=O)NC(C(C)Cl)C2O[C@H](SC)C(O)[C@H](O)[C@H]2O)CN(CCC(=O)O)C1.CCC1NC(=O)[C@@H](N)[C@@H](C)OC(=O)[C@H](c2ccccc2)NC(=O)[C@@H]2CC(=O)[C@H](CSC3CN4CCC3CC4)CN2C(=O)[C@H](Cc2ccc(C)cc2)N(C)C(=O)[C@@H]2CCCN2C1=O. The van der Waals surface area contributed by atoms with Gasteiger partial charge in [-0.3, -0.25) is 38.4 Å². The second-order valence-electron chi connectivity index (χ2n) is 26.2. The summed E-state index contributed by atoms with van der Waals surface area (Å²) in [5.41, 5.74) is 7.74. The highest BCUT2D eigenvalue weighted by Gasteiger charge is 2.50. The number of benzene rings is 2. The number of amides is 6. The number of Topliss-reactive ketones (excluding diaryl/α,β-unsaturated/α-hetero) is 1. The largest absolute Gasteiger partial charge is 0.481 e. The Morgan fingerprint density at radius 1 is 0.828 bits per heavy atom. The summed E-state index contributed by atoms with van der Waals surface area (Å²) in [6.45, 7) is 13.8. The van der Waals surface area contributed by atoms with Crippen molar-refractivity contribution >= 4 is 88.3 Å². The van der Waals surface area contributed by atoms with Crippen molar-refractivity contribution < 1.29 is 73.1 Å². The molecular formula is C66H96ClN9O15S2. The molecule has 8 aliphatic rings. The van der Waals surface area contributed by atoms with Crippen molar-refractivity contribution in [3.63, 3.8) is 0 Å². The topological polar surface area (TPSA) is 331 Å². The molecule has 0 aliphatic carbocycles. The zero-order chi connectivity index (χ0) is 67.5. The van der Waals surface area contributed by atoms with E-state index in [1.165, 1.54) is 33.4 Å². The molecule has 0 spiro atoms. The number of likely N-dealkylation sites (tertiary alicyclic amines) is 1. The monoisotopic (exact) mass is 1350 g/mol. The number of ether oxygens (including phenoxy) is 2. The van der Waals surface area contributed by atoms with Crippen molar-refractivity contribution in [1.82, 2.24) is 40.4 Å². The Balaban J connectivity index is 0.000000301. The van der Waals surface area contributed by atoms with Crippen LogP contribution in [0.5, 0.6) is 0 Å². The van der Waals surface area contributed by atoms with Crippen LogP contribution in [0.4, 0.5) is 0 Å². The van der Waals surface area contributed by atoms with E-state index in [9.17, 15) is 53.7 Å². The van der Waals surface area contributed by atoms with Crippen molar-refractivity contribution in [2.45, 2.75) is 188 Å². The molecule has 2 bridgehead atoms. The van der Waals surface area contributed by atoms with E-state index >= 15 is 4.79 Å². The maximum atomic E-state index is 15.4. The summed E-state index contributed by atoms with van der Waals surface area (Å²) in [5, 5.41) is 47.9. The Morgan fingerprint density at radius 3 is 2.15 bits per heavy atom. The Labute approximate surface area is 558 Å². The average molecular weight is 1360 g/mol. The molecule has 8 aliphatic heterocycles. The van der Waals surface area contributed by atoms with Gasteiger partial charge in [0.25, 0.3) is 0 Å². The van der Waals surface area contributed by atoms with Crippen molar-refractivity contribution in [1.29, 1.82) is 0 Å². The molecule has 10 rings (SSSR count). The van der Waals surface area contributed by atoms with Crippen LogP contribution in [0.15, 0.2) is 54.6 Å². The lowest BCUT2D eigenvalue weighted by Crippen LogP contribution is -2.65. The van der Waals surface area contributed by atoms with Crippen LogP contribution in [0.3, 0.4) is 0 Å². The number of likely N-dealkylation sites (N-methyl/N-ethyl adjacent to an activating group) is 1. The number of nitrogens with two attached hydrogens (primary N) is 1. The Hall–Kier alpha value is -5.42. The van der Waals surface area contributed by atoms with Gasteiger partial charge in [-0.05, 0) is 102 Å².